The van der Waals surface area contributed by atoms with E-state index in [9.17, 15) is 4.79 Å². The van der Waals surface area contributed by atoms with Crippen molar-refractivity contribution >= 4 is 38.8 Å². The molecule has 0 saturated carbocycles. The van der Waals surface area contributed by atoms with E-state index in [-0.39, 0.29) is 5.91 Å². The number of aryl methyl sites for hydroxylation is 2. The smallest absolute Gasteiger partial charge is 0.253 e. The topological polar surface area (TPSA) is 34.4 Å². The van der Waals surface area contributed by atoms with Gasteiger partial charge in [0.15, 0.2) is 4.80 Å². The van der Waals surface area contributed by atoms with Gasteiger partial charge in [0.2, 0.25) is 0 Å². The van der Waals surface area contributed by atoms with Crippen LogP contribution in [-0.4, -0.2) is 10.5 Å². The Morgan fingerprint density at radius 1 is 1.39 bits per heavy atom. The first-order valence-corrected chi connectivity index (χ1v) is 9.09. The Balaban J connectivity index is 2.10. The number of carbonyl (C=O) groups excluding carboxylic acids is 1. The third kappa shape index (κ3) is 3.35. The van der Waals surface area contributed by atoms with E-state index < -0.39 is 0 Å². The van der Waals surface area contributed by atoms with Crippen molar-refractivity contribution in [2.24, 2.45) is 4.99 Å². The van der Waals surface area contributed by atoms with Gasteiger partial charge in [-0.25, -0.2) is 0 Å². The third-order valence-corrected chi connectivity index (χ3v) is 5.66. The second-order valence-electron chi connectivity index (χ2n) is 5.48. The lowest BCUT2D eigenvalue weighted by Crippen LogP contribution is -2.16. The number of allylic oxidation sites excluding steroid dienone is 1. The van der Waals surface area contributed by atoms with Crippen LogP contribution < -0.4 is 4.80 Å². The first kappa shape index (κ1) is 15.9. The molecule has 0 unspecified atom stereocenters. The fourth-order valence-electron chi connectivity index (χ4n) is 2.61. The molecule has 0 aliphatic heterocycles. The molecule has 1 aromatic carbocycles. The summed E-state index contributed by atoms with van der Waals surface area (Å²) in [5, 5.41) is 1.98. The lowest BCUT2D eigenvalue weighted by Gasteiger charge is -2.03. The van der Waals surface area contributed by atoms with Crippen molar-refractivity contribution in [3.8, 4) is 0 Å². The molecule has 0 N–H and O–H groups in total. The van der Waals surface area contributed by atoms with Crippen molar-refractivity contribution in [1.82, 2.24) is 4.57 Å². The maximum absolute atomic E-state index is 12.3. The van der Waals surface area contributed by atoms with Gasteiger partial charge >= 0.3 is 0 Å². The number of hydrogen-bond donors (Lipinski definition) is 0. The minimum atomic E-state index is -0.105. The highest BCUT2D eigenvalue weighted by Crippen LogP contribution is 2.23. The molecule has 2 aromatic heterocycles. The summed E-state index contributed by atoms with van der Waals surface area (Å²) in [6.45, 7) is 8.66. The normalized spacial score (nSPS) is 12.0. The van der Waals surface area contributed by atoms with Gasteiger partial charge in [-0.05, 0) is 42.5 Å². The zero-order chi connectivity index (χ0) is 16.4. The van der Waals surface area contributed by atoms with Crippen LogP contribution in [0.1, 0.15) is 16.0 Å². The van der Waals surface area contributed by atoms with Crippen molar-refractivity contribution in [3.63, 3.8) is 0 Å². The zero-order valence-electron chi connectivity index (χ0n) is 13.2. The van der Waals surface area contributed by atoms with Gasteiger partial charge in [-0.15, -0.1) is 17.9 Å². The molecule has 0 saturated heterocycles. The predicted molar refractivity (Wildman–Crippen MR) is 98.1 cm³/mol. The van der Waals surface area contributed by atoms with E-state index in [1.54, 1.807) is 22.7 Å². The molecule has 0 aliphatic rings. The monoisotopic (exact) mass is 342 g/mol. The second kappa shape index (κ2) is 6.64. The predicted octanol–water partition coefficient (Wildman–Crippen LogP) is 4.24. The van der Waals surface area contributed by atoms with Gasteiger partial charge in [-0.3, -0.25) is 4.79 Å². The van der Waals surface area contributed by atoms with E-state index in [1.807, 2.05) is 23.6 Å². The summed E-state index contributed by atoms with van der Waals surface area (Å²) < 4.78 is 3.25. The van der Waals surface area contributed by atoms with Crippen molar-refractivity contribution in [2.75, 3.05) is 0 Å². The Bertz CT molecular complexity index is 930. The Kier molecular flexibility index (Phi) is 4.59. The van der Waals surface area contributed by atoms with Crippen LogP contribution in [0.4, 0.5) is 0 Å². The minimum Gasteiger partial charge on any atom is -0.312 e. The van der Waals surface area contributed by atoms with Crippen LogP contribution in [0, 0.1) is 13.8 Å². The first-order chi connectivity index (χ1) is 11.1. The van der Waals surface area contributed by atoms with Crippen LogP contribution in [0.3, 0.4) is 0 Å². The Morgan fingerprint density at radius 3 is 2.91 bits per heavy atom. The van der Waals surface area contributed by atoms with Gasteiger partial charge in [0.25, 0.3) is 5.91 Å². The molecule has 0 spiro atoms. The molecule has 3 aromatic rings. The van der Waals surface area contributed by atoms with Crippen LogP contribution in [0.15, 0.2) is 47.3 Å². The molecular formula is C18H18N2OS2. The van der Waals surface area contributed by atoms with Crippen molar-refractivity contribution in [1.29, 1.82) is 0 Å². The Morgan fingerprint density at radius 2 is 2.22 bits per heavy atom. The van der Waals surface area contributed by atoms with Crippen LogP contribution >= 0.6 is 22.7 Å². The largest absolute Gasteiger partial charge is 0.312 e. The number of amides is 1. The number of aromatic nitrogens is 1. The molecule has 0 bridgehead atoms. The summed E-state index contributed by atoms with van der Waals surface area (Å²) in [5.74, 6) is -0.105. The highest BCUT2D eigenvalue weighted by Gasteiger charge is 2.10. The van der Waals surface area contributed by atoms with Crippen LogP contribution in [0.5, 0.6) is 0 Å². The molecule has 23 heavy (non-hydrogen) atoms. The SMILES string of the molecule is C=CCn1c(=NC(=O)Cc2cccs2)sc2c(C)cc(C)cc21. The van der Waals surface area contributed by atoms with E-state index in [1.165, 1.54) is 15.8 Å². The van der Waals surface area contributed by atoms with E-state index in [0.717, 1.165) is 15.2 Å². The molecule has 1 amide bonds. The molecule has 5 heteroatoms. The highest BCUT2D eigenvalue weighted by molar-refractivity contribution is 7.16. The second-order valence-corrected chi connectivity index (χ2v) is 7.49. The highest BCUT2D eigenvalue weighted by atomic mass is 32.1. The maximum Gasteiger partial charge on any atom is 0.253 e. The third-order valence-electron chi connectivity index (χ3n) is 3.55. The Hall–Kier alpha value is -1.98. The summed E-state index contributed by atoms with van der Waals surface area (Å²) in [7, 11) is 0. The lowest BCUT2D eigenvalue weighted by atomic mass is 10.1. The van der Waals surface area contributed by atoms with Gasteiger partial charge in [-0.2, -0.15) is 4.99 Å². The quantitative estimate of drug-likeness (QED) is 0.653. The number of rotatable bonds is 4. The van der Waals surface area contributed by atoms with Crippen LogP contribution in [-0.2, 0) is 17.8 Å². The zero-order valence-corrected chi connectivity index (χ0v) is 14.8. The minimum absolute atomic E-state index is 0.105. The van der Waals surface area contributed by atoms with E-state index in [2.05, 4.69) is 42.1 Å². The van der Waals surface area contributed by atoms with Gasteiger partial charge in [0.1, 0.15) is 0 Å². The number of benzene rings is 1. The standard InChI is InChI=1S/C18H18N2OS2/c1-4-7-20-15-10-12(2)9-13(3)17(15)23-18(20)19-16(21)11-14-6-5-8-22-14/h4-6,8-10H,1,7,11H2,2-3H3. The fraction of sp³-hybridized carbons (Fsp3) is 0.222. The lowest BCUT2D eigenvalue weighted by molar-refractivity contribution is -0.117. The molecule has 0 aliphatic carbocycles. The number of fused-ring (bicyclic) bond motifs is 1. The average Bonchev–Trinajstić information content (AvgIpc) is 3.09. The molecule has 0 fully saturated rings. The summed E-state index contributed by atoms with van der Waals surface area (Å²) >= 11 is 3.16. The number of thiazole rings is 1. The van der Waals surface area contributed by atoms with E-state index in [4.69, 9.17) is 0 Å². The van der Waals surface area contributed by atoms with Crippen molar-refractivity contribution < 1.29 is 4.79 Å². The fourth-order valence-corrected chi connectivity index (χ4v) is 4.41. The molecule has 118 valence electrons. The van der Waals surface area contributed by atoms with Gasteiger partial charge in [-0.1, -0.05) is 29.5 Å². The van der Waals surface area contributed by atoms with Crippen molar-refractivity contribution in [2.45, 2.75) is 26.8 Å². The number of thiophene rings is 1. The summed E-state index contributed by atoms with van der Waals surface area (Å²) in [5.41, 5.74) is 3.55. The first-order valence-electron chi connectivity index (χ1n) is 7.40. The van der Waals surface area contributed by atoms with Crippen molar-refractivity contribution in [3.05, 3.63) is 63.1 Å². The molecule has 0 radical (unpaired) electrons. The summed E-state index contributed by atoms with van der Waals surface area (Å²) in [6.07, 6.45) is 2.20. The number of nitrogens with zero attached hydrogens (tertiary/aromatic N) is 2. The van der Waals surface area contributed by atoms with Crippen LogP contribution in [0.25, 0.3) is 10.2 Å². The average molecular weight is 342 g/mol. The Labute approximate surface area is 143 Å². The molecule has 0 atom stereocenters. The maximum atomic E-state index is 12.3. The van der Waals surface area contributed by atoms with Gasteiger partial charge in [0, 0.05) is 11.4 Å². The molecule has 3 rings (SSSR count). The molecule has 3 nitrogen and oxygen atoms in total. The van der Waals surface area contributed by atoms with Crippen LogP contribution in [0.2, 0.25) is 0 Å². The summed E-state index contributed by atoms with van der Waals surface area (Å²) in [4.78, 5) is 18.4. The van der Waals surface area contributed by atoms with Gasteiger partial charge in [0.05, 0.1) is 16.6 Å². The molecular weight excluding hydrogens is 324 g/mol. The number of hydrogen-bond acceptors (Lipinski definition) is 3. The van der Waals surface area contributed by atoms with E-state index in [0.29, 0.717) is 13.0 Å². The number of carbonyl (C=O) groups is 1. The molecule has 2 heterocycles. The summed E-state index contributed by atoms with van der Waals surface area (Å²) in [6, 6.07) is 8.23. The van der Waals surface area contributed by atoms with E-state index >= 15 is 0 Å². The van der Waals surface area contributed by atoms with Gasteiger partial charge < -0.3 is 4.57 Å².